The molecule has 0 spiro atoms. The topological polar surface area (TPSA) is 93.7 Å². The molecular formula is C16H20N2O5. The van der Waals surface area contributed by atoms with Crippen molar-refractivity contribution in [2.24, 2.45) is 0 Å². The number of benzene rings is 1. The van der Waals surface area contributed by atoms with Gasteiger partial charge in [-0.1, -0.05) is 6.07 Å². The van der Waals surface area contributed by atoms with Crippen LogP contribution in [0.1, 0.15) is 30.1 Å². The van der Waals surface area contributed by atoms with E-state index in [0.29, 0.717) is 12.2 Å². The van der Waals surface area contributed by atoms with Gasteiger partial charge in [-0.3, -0.25) is 9.59 Å². The van der Waals surface area contributed by atoms with E-state index < -0.39 is 5.97 Å². The number of carbonyl (C=O) groups excluding carboxylic acids is 3. The molecule has 1 fully saturated rings. The first-order valence-corrected chi connectivity index (χ1v) is 7.47. The van der Waals surface area contributed by atoms with Crippen LogP contribution in [0, 0.1) is 0 Å². The molecular weight excluding hydrogens is 300 g/mol. The molecule has 1 heterocycles. The van der Waals surface area contributed by atoms with Gasteiger partial charge in [0.05, 0.1) is 11.7 Å². The SMILES string of the molecule is CC(=O)Nc1cccc(C(=O)OCC(=O)NC[C@H]2CCCO2)c1. The van der Waals surface area contributed by atoms with Crippen LogP contribution in [-0.4, -0.2) is 43.6 Å². The van der Waals surface area contributed by atoms with E-state index in [1.165, 1.54) is 13.0 Å². The van der Waals surface area contributed by atoms with E-state index in [2.05, 4.69) is 10.6 Å². The summed E-state index contributed by atoms with van der Waals surface area (Å²) in [7, 11) is 0. The van der Waals surface area contributed by atoms with E-state index in [9.17, 15) is 14.4 Å². The smallest absolute Gasteiger partial charge is 0.338 e. The molecule has 7 heteroatoms. The minimum absolute atomic E-state index is 0.0454. The fourth-order valence-corrected chi connectivity index (χ4v) is 2.23. The number of rotatable bonds is 6. The molecule has 23 heavy (non-hydrogen) atoms. The van der Waals surface area contributed by atoms with E-state index >= 15 is 0 Å². The molecule has 0 unspecified atom stereocenters. The number of hydrogen-bond donors (Lipinski definition) is 2. The minimum Gasteiger partial charge on any atom is -0.452 e. The van der Waals surface area contributed by atoms with Crippen molar-refractivity contribution in [3.63, 3.8) is 0 Å². The molecule has 2 N–H and O–H groups in total. The van der Waals surface area contributed by atoms with E-state index in [0.717, 1.165) is 19.4 Å². The summed E-state index contributed by atoms with van der Waals surface area (Å²) in [5, 5.41) is 5.25. The molecule has 0 saturated carbocycles. The fraction of sp³-hybridized carbons (Fsp3) is 0.438. The zero-order chi connectivity index (χ0) is 16.7. The number of carbonyl (C=O) groups is 3. The Morgan fingerprint density at radius 2 is 2.17 bits per heavy atom. The maximum absolute atomic E-state index is 11.9. The van der Waals surface area contributed by atoms with Gasteiger partial charge in [0.25, 0.3) is 5.91 Å². The van der Waals surface area contributed by atoms with Crippen LogP contribution < -0.4 is 10.6 Å². The third-order valence-electron chi connectivity index (χ3n) is 3.30. The highest BCUT2D eigenvalue weighted by atomic mass is 16.5. The summed E-state index contributed by atoms with van der Waals surface area (Å²) in [6.07, 6.45) is 1.97. The molecule has 1 aromatic rings. The number of anilines is 1. The molecule has 2 amide bonds. The van der Waals surface area contributed by atoms with Crippen molar-refractivity contribution < 1.29 is 23.9 Å². The zero-order valence-electron chi connectivity index (χ0n) is 13.0. The summed E-state index contributed by atoms with van der Waals surface area (Å²) >= 11 is 0. The summed E-state index contributed by atoms with van der Waals surface area (Å²) in [4.78, 5) is 34.6. The molecule has 1 aliphatic rings. The third kappa shape index (κ3) is 5.71. The van der Waals surface area contributed by atoms with Crippen LogP contribution in [0.25, 0.3) is 0 Å². The molecule has 124 valence electrons. The molecule has 7 nitrogen and oxygen atoms in total. The van der Waals surface area contributed by atoms with Crippen molar-refractivity contribution in [3.8, 4) is 0 Å². The van der Waals surface area contributed by atoms with Gasteiger partial charge in [0.15, 0.2) is 6.61 Å². The molecule has 2 rings (SSSR count). The highest BCUT2D eigenvalue weighted by Gasteiger charge is 2.17. The van der Waals surface area contributed by atoms with Crippen molar-refractivity contribution in [3.05, 3.63) is 29.8 Å². The molecule has 0 aromatic heterocycles. The number of nitrogens with one attached hydrogen (secondary N) is 2. The van der Waals surface area contributed by atoms with Gasteiger partial charge >= 0.3 is 5.97 Å². The van der Waals surface area contributed by atoms with Crippen LogP contribution in [-0.2, 0) is 19.1 Å². The van der Waals surface area contributed by atoms with E-state index in [1.54, 1.807) is 18.2 Å². The second-order valence-corrected chi connectivity index (χ2v) is 5.28. The Labute approximate surface area is 134 Å². The van der Waals surface area contributed by atoms with Crippen molar-refractivity contribution in [2.45, 2.75) is 25.9 Å². The van der Waals surface area contributed by atoms with E-state index in [4.69, 9.17) is 9.47 Å². The summed E-state index contributed by atoms with van der Waals surface area (Å²) in [6, 6.07) is 6.33. The van der Waals surface area contributed by atoms with Crippen molar-refractivity contribution in [2.75, 3.05) is 25.1 Å². The average molecular weight is 320 g/mol. The Balaban J connectivity index is 1.77. The lowest BCUT2D eigenvalue weighted by Gasteiger charge is -2.11. The number of esters is 1. The quantitative estimate of drug-likeness (QED) is 0.766. The van der Waals surface area contributed by atoms with Gasteiger partial charge in [-0.05, 0) is 31.0 Å². The second kappa shape index (κ2) is 8.28. The first-order valence-electron chi connectivity index (χ1n) is 7.47. The average Bonchev–Trinajstić information content (AvgIpc) is 3.03. The Bertz CT molecular complexity index is 582. The van der Waals surface area contributed by atoms with Crippen LogP contribution in [0.15, 0.2) is 24.3 Å². The highest BCUT2D eigenvalue weighted by molar-refractivity contribution is 5.94. The van der Waals surface area contributed by atoms with Gasteiger partial charge in [-0.15, -0.1) is 0 Å². The summed E-state index contributed by atoms with van der Waals surface area (Å²) < 4.78 is 10.3. The molecule has 0 bridgehead atoms. The van der Waals surface area contributed by atoms with Crippen LogP contribution in [0.2, 0.25) is 0 Å². The number of ether oxygens (including phenoxy) is 2. The second-order valence-electron chi connectivity index (χ2n) is 5.28. The van der Waals surface area contributed by atoms with Crippen LogP contribution in [0.4, 0.5) is 5.69 Å². The minimum atomic E-state index is -0.621. The Kier molecular flexibility index (Phi) is 6.10. The van der Waals surface area contributed by atoms with Crippen molar-refractivity contribution in [1.82, 2.24) is 5.32 Å². The van der Waals surface area contributed by atoms with Gasteiger partial charge in [0.2, 0.25) is 5.91 Å². The molecule has 1 aliphatic heterocycles. The molecule has 0 radical (unpaired) electrons. The van der Waals surface area contributed by atoms with Crippen LogP contribution in [0.5, 0.6) is 0 Å². The standard InChI is InChI=1S/C16H20N2O5/c1-11(19)18-13-5-2-4-12(8-13)16(21)23-10-15(20)17-9-14-6-3-7-22-14/h2,4-5,8,14H,3,6-7,9-10H2,1H3,(H,17,20)(H,18,19)/t14-/m1/s1. The normalized spacial score (nSPS) is 16.7. The summed E-state index contributed by atoms with van der Waals surface area (Å²) in [5.41, 5.74) is 0.762. The van der Waals surface area contributed by atoms with Gasteiger partial charge in [0.1, 0.15) is 0 Å². The molecule has 1 atom stereocenters. The zero-order valence-corrected chi connectivity index (χ0v) is 13.0. The Morgan fingerprint density at radius 1 is 1.35 bits per heavy atom. The predicted octanol–water partition coefficient (Wildman–Crippen LogP) is 1.10. The lowest BCUT2D eigenvalue weighted by molar-refractivity contribution is -0.124. The van der Waals surface area contributed by atoms with Gasteiger partial charge in [-0.25, -0.2) is 4.79 Å². The number of hydrogen-bond acceptors (Lipinski definition) is 5. The van der Waals surface area contributed by atoms with Crippen LogP contribution in [0.3, 0.4) is 0 Å². The summed E-state index contributed by atoms with van der Waals surface area (Å²) in [6.45, 7) is 2.17. The number of amides is 2. The largest absolute Gasteiger partial charge is 0.452 e. The monoisotopic (exact) mass is 320 g/mol. The predicted molar refractivity (Wildman–Crippen MR) is 83.0 cm³/mol. The van der Waals surface area contributed by atoms with Gasteiger partial charge < -0.3 is 20.1 Å². The lowest BCUT2D eigenvalue weighted by atomic mass is 10.2. The Morgan fingerprint density at radius 3 is 2.87 bits per heavy atom. The third-order valence-corrected chi connectivity index (χ3v) is 3.30. The highest BCUT2D eigenvalue weighted by Crippen LogP contribution is 2.12. The lowest BCUT2D eigenvalue weighted by Crippen LogP contribution is -2.34. The first kappa shape index (κ1) is 17.0. The molecule has 1 aromatic carbocycles. The molecule has 0 aliphatic carbocycles. The van der Waals surface area contributed by atoms with E-state index in [-0.39, 0.29) is 30.1 Å². The maximum atomic E-state index is 11.9. The van der Waals surface area contributed by atoms with Crippen molar-refractivity contribution >= 4 is 23.5 Å². The Hall–Kier alpha value is -2.41. The fourth-order valence-electron chi connectivity index (χ4n) is 2.23. The van der Waals surface area contributed by atoms with Crippen LogP contribution >= 0.6 is 0 Å². The summed E-state index contributed by atoms with van der Waals surface area (Å²) in [5.74, 6) is -1.22. The van der Waals surface area contributed by atoms with Crippen molar-refractivity contribution in [1.29, 1.82) is 0 Å². The van der Waals surface area contributed by atoms with Gasteiger partial charge in [0, 0.05) is 25.8 Å². The van der Waals surface area contributed by atoms with Gasteiger partial charge in [-0.2, -0.15) is 0 Å². The first-order chi connectivity index (χ1) is 11.0. The van der Waals surface area contributed by atoms with E-state index in [1.807, 2.05) is 0 Å². The molecule has 1 saturated heterocycles. The maximum Gasteiger partial charge on any atom is 0.338 e.